The Morgan fingerprint density at radius 2 is 1.08 bits per heavy atom. The molecule has 3 heteroatoms. The highest BCUT2D eigenvalue weighted by Crippen LogP contribution is 2.45. The number of rotatable bonds is 5. The third-order valence-corrected chi connectivity index (χ3v) is 11.9. The van der Waals surface area contributed by atoms with E-state index in [2.05, 4.69) is 204 Å². The van der Waals surface area contributed by atoms with Crippen molar-refractivity contribution in [2.75, 3.05) is 4.90 Å². The van der Waals surface area contributed by atoms with Crippen LogP contribution < -0.4 is 4.90 Å². The van der Waals surface area contributed by atoms with Crippen LogP contribution in [-0.2, 0) is 0 Å². The van der Waals surface area contributed by atoms with Crippen LogP contribution in [0.5, 0.6) is 0 Å². The van der Waals surface area contributed by atoms with Gasteiger partial charge in [-0.25, -0.2) is 0 Å². The number of thiophene rings is 1. The summed E-state index contributed by atoms with van der Waals surface area (Å²) in [6.45, 7) is 0. The van der Waals surface area contributed by atoms with Crippen LogP contribution in [0.4, 0.5) is 17.1 Å². The van der Waals surface area contributed by atoms with Gasteiger partial charge in [-0.1, -0.05) is 133 Å². The quantitative estimate of drug-likeness (QED) is 0.174. The molecule has 0 fully saturated rings. The van der Waals surface area contributed by atoms with Crippen LogP contribution in [0.3, 0.4) is 0 Å². The third kappa shape index (κ3) is 4.78. The van der Waals surface area contributed by atoms with Gasteiger partial charge >= 0.3 is 0 Å². The molecule has 2 heterocycles. The summed E-state index contributed by atoms with van der Waals surface area (Å²) in [6, 6.07) is 71.1. The highest BCUT2D eigenvalue weighted by Gasteiger charge is 2.21. The zero-order chi connectivity index (χ0) is 34.9. The van der Waals surface area contributed by atoms with E-state index >= 15 is 0 Å². The minimum absolute atomic E-state index is 1.12. The number of aromatic nitrogens is 1. The molecule has 0 spiro atoms. The third-order valence-electron chi connectivity index (χ3n) is 10.7. The van der Waals surface area contributed by atoms with Crippen molar-refractivity contribution in [3.8, 4) is 16.8 Å². The molecule has 0 aliphatic heterocycles. The molecule has 53 heavy (non-hydrogen) atoms. The molecule has 0 saturated carbocycles. The first-order chi connectivity index (χ1) is 26.3. The van der Waals surface area contributed by atoms with E-state index in [0.717, 1.165) is 17.1 Å². The molecule has 11 aromatic rings. The first-order valence-corrected chi connectivity index (χ1v) is 18.9. The molecule has 248 valence electrons. The van der Waals surface area contributed by atoms with Crippen molar-refractivity contribution in [3.63, 3.8) is 0 Å². The fourth-order valence-electron chi connectivity index (χ4n) is 8.31. The summed E-state index contributed by atoms with van der Waals surface area (Å²) in [5.41, 5.74) is 9.39. The number of nitrogens with zero attached hydrogens (tertiary/aromatic N) is 2. The Hall–Kier alpha value is -6.68. The first kappa shape index (κ1) is 30.0. The molecule has 0 atom stereocenters. The van der Waals surface area contributed by atoms with Crippen molar-refractivity contribution in [1.82, 2.24) is 4.57 Å². The zero-order valence-electron chi connectivity index (χ0n) is 28.8. The lowest BCUT2D eigenvalue weighted by Gasteiger charge is -2.28. The van der Waals surface area contributed by atoms with Crippen molar-refractivity contribution in [2.24, 2.45) is 0 Å². The number of anilines is 3. The molecule has 0 bridgehead atoms. The number of para-hydroxylation sites is 2. The van der Waals surface area contributed by atoms with Crippen molar-refractivity contribution in [1.29, 1.82) is 0 Å². The summed E-state index contributed by atoms with van der Waals surface area (Å²) >= 11 is 1.86. The number of benzene rings is 9. The molecule has 9 aromatic carbocycles. The van der Waals surface area contributed by atoms with E-state index in [1.54, 1.807) is 0 Å². The Morgan fingerprint density at radius 1 is 0.396 bits per heavy atom. The molecule has 2 aromatic heterocycles. The van der Waals surface area contributed by atoms with E-state index in [1.807, 2.05) is 11.3 Å². The Kier molecular flexibility index (Phi) is 6.76. The minimum atomic E-state index is 1.12. The van der Waals surface area contributed by atoms with Crippen molar-refractivity contribution in [3.05, 3.63) is 194 Å². The predicted molar refractivity (Wildman–Crippen MR) is 229 cm³/mol. The van der Waals surface area contributed by atoms with Gasteiger partial charge in [0, 0.05) is 59.0 Å². The van der Waals surface area contributed by atoms with E-state index in [-0.39, 0.29) is 0 Å². The van der Waals surface area contributed by atoms with Gasteiger partial charge in [0.05, 0.1) is 16.7 Å². The summed E-state index contributed by atoms with van der Waals surface area (Å²) < 4.78 is 5.07. The Labute approximate surface area is 311 Å². The fourth-order valence-corrected chi connectivity index (χ4v) is 9.40. The molecule has 0 amide bonds. The topological polar surface area (TPSA) is 8.17 Å². The fraction of sp³-hybridized carbons (Fsp3) is 0. The van der Waals surface area contributed by atoms with Crippen LogP contribution in [0.1, 0.15) is 0 Å². The molecule has 0 unspecified atom stereocenters. The van der Waals surface area contributed by atoms with Crippen LogP contribution in [0.25, 0.3) is 80.3 Å². The lowest BCUT2D eigenvalue weighted by molar-refractivity contribution is 1.19. The van der Waals surface area contributed by atoms with E-state index in [1.165, 1.54) is 80.3 Å². The molecule has 0 saturated heterocycles. The standard InChI is InChI=1S/C50H32N2S/c1-2-13-34(14-3-1)40-16-6-9-19-46(40)51(39-26-29-49-45(32-39)43-18-8-11-21-48(43)53-49)37-25-28-41-36(31-37)23-27-44-42-17-7-10-20-47(42)52(50(41)44)38-24-22-33-12-4-5-15-35(33)30-38/h1-32H. The molecule has 2 nitrogen and oxygen atoms in total. The highest BCUT2D eigenvalue weighted by molar-refractivity contribution is 7.25. The largest absolute Gasteiger partial charge is 0.310 e. The van der Waals surface area contributed by atoms with E-state index < -0.39 is 0 Å². The maximum atomic E-state index is 2.46. The van der Waals surface area contributed by atoms with Crippen molar-refractivity contribution >= 4 is 91.9 Å². The van der Waals surface area contributed by atoms with E-state index in [0.29, 0.717) is 0 Å². The van der Waals surface area contributed by atoms with Gasteiger partial charge in [0.25, 0.3) is 0 Å². The van der Waals surface area contributed by atoms with Crippen LogP contribution in [0, 0.1) is 0 Å². The first-order valence-electron chi connectivity index (χ1n) is 18.1. The smallest absolute Gasteiger partial charge is 0.0619 e. The van der Waals surface area contributed by atoms with Crippen molar-refractivity contribution in [2.45, 2.75) is 0 Å². The minimum Gasteiger partial charge on any atom is -0.310 e. The highest BCUT2D eigenvalue weighted by atomic mass is 32.1. The lowest BCUT2D eigenvalue weighted by atomic mass is 10.0. The Bertz CT molecular complexity index is 3190. The summed E-state index contributed by atoms with van der Waals surface area (Å²) in [5.74, 6) is 0. The van der Waals surface area contributed by atoms with E-state index in [4.69, 9.17) is 0 Å². The number of fused-ring (bicyclic) bond motifs is 9. The normalized spacial score (nSPS) is 11.8. The molecule has 0 N–H and O–H groups in total. The second kappa shape index (κ2) is 11.9. The van der Waals surface area contributed by atoms with Gasteiger partial charge in [-0.3, -0.25) is 0 Å². The van der Waals surface area contributed by atoms with Gasteiger partial charge in [-0.05, 0) is 82.4 Å². The molecular weight excluding hydrogens is 661 g/mol. The van der Waals surface area contributed by atoms with Crippen LogP contribution >= 0.6 is 11.3 Å². The van der Waals surface area contributed by atoms with Crippen molar-refractivity contribution < 1.29 is 0 Å². The van der Waals surface area contributed by atoms with E-state index in [9.17, 15) is 0 Å². The zero-order valence-corrected chi connectivity index (χ0v) is 29.6. The van der Waals surface area contributed by atoms with Gasteiger partial charge in [0.2, 0.25) is 0 Å². The van der Waals surface area contributed by atoms with Gasteiger partial charge in [-0.2, -0.15) is 0 Å². The van der Waals surface area contributed by atoms with Crippen LogP contribution in [-0.4, -0.2) is 4.57 Å². The molecule has 11 rings (SSSR count). The van der Waals surface area contributed by atoms with Gasteiger partial charge in [-0.15, -0.1) is 11.3 Å². The lowest BCUT2D eigenvalue weighted by Crippen LogP contribution is -2.11. The maximum Gasteiger partial charge on any atom is 0.0619 e. The van der Waals surface area contributed by atoms with Gasteiger partial charge < -0.3 is 9.47 Å². The Morgan fingerprint density at radius 3 is 2.00 bits per heavy atom. The summed E-state index contributed by atoms with van der Waals surface area (Å²) in [7, 11) is 0. The van der Waals surface area contributed by atoms with Gasteiger partial charge in [0.1, 0.15) is 0 Å². The van der Waals surface area contributed by atoms with Crippen LogP contribution in [0.2, 0.25) is 0 Å². The SMILES string of the molecule is c1ccc(-c2ccccc2N(c2ccc3c(ccc4c5ccccc5n(-c5ccc6ccccc6c5)c34)c2)c2ccc3sc4ccccc4c3c2)cc1. The Balaban J connectivity index is 1.17. The summed E-state index contributed by atoms with van der Waals surface area (Å²) in [4.78, 5) is 2.44. The second-order valence-corrected chi connectivity index (χ2v) is 14.8. The second-order valence-electron chi connectivity index (χ2n) is 13.7. The predicted octanol–water partition coefficient (Wildman–Crippen LogP) is 14.6. The summed E-state index contributed by atoms with van der Waals surface area (Å²) in [5, 5.41) is 10.0. The maximum absolute atomic E-state index is 2.46. The number of hydrogen-bond donors (Lipinski definition) is 0. The van der Waals surface area contributed by atoms with Gasteiger partial charge in [0.15, 0.2) is 0 Å². The number of hydrogen-bond acceptors (Lipinski definition) is 2. The average Bonchev–Trinajstić information content (AvgIpc) is 3.77. The average molecular weight is 693 g/mol. The monoisotopic (exact) mass is 692 g/mol. The molecule has 0 aliphatic rings. The van der Waals surface area contributed by atoms with Crippen LogP contribution in [0.15, 0.2) is 194 Å². The molecular formula is C50H32N2S. The molecule has 0 aliphatic carbocycles. The summed E-state index contributed by atoms with van der Waals surface area (Å²) in [6.07, 6.45) is 0. The molecule has 0 radical (unpaired) electrons.